The molecule has 25 heavy (non-hydrogen) atoms. The van der Waals surface area contributed by atoms with Crippen molar-refractivity contribution in [1.29, 1.82) is 0 Å². The van der Waals surface area contributed by atoms with E-state index in [1.807, 2.05) is 42.5 Å². The van der Waals surface area contributed by atoms with E-state index in [1.54, 1.807) is 13.2 Å². The molecule has 2 N–H and O–H groups in total. The molecule has 1 aliphatic heterocycles. The van der Waals surface area contributed by atoms with Crippen molar-refractivity contribution in [2.24, 2.45) is 0 Å². The number of methoxy groups -OCH3 is 1. The van der Waals surface area contributed by atoms with Gasteiger partial charge in [-0.1, -0.05) is 18.2 Å². The molecule has 0 saturated carbocycles. The Morgan fingerprint density at radius 1 is 1.16 bits per heavy atom. The zero-order valence-corrected chi connectivity index (χ0v) is 14.0. The smallest absolute Gasteiger partial charge is 0.228 e. The lowest BCUT2D eigenvalue weighted by atomic mass is 9.90. The van der Waals surface area contributed by atoms with Crippen LogP contribution in [-0.2, 0) is 9.59 Å². The quantitative estimate of drug-likeness (QED) is 0.791. The first-order chi connectivity index (χ1) is 12.2. The molecule has 6 heteroatoms. The van der Waals surface area contributed by atoms with E-state index in [9.17, 15) is 9.59 Å². The minimum absolute atomic E-state index is 0.145. The Balaban J connectivity index is 1.52. The van der Waals surface area contributed by atoms with Crippen LogP contribution in [0.25, 0.3) is 0 Å². The van der Waals surface area contributed by atoms with Gasteiger partial charge in [-0.25, -0.2) is 0 Å². The predicted octanol–water partition coefficient (Wildman–Crippen LogP) is 2.32. The summed E-state index contributed by atoms with van der Waals surface area (Å²) in [6, 6.07) is 14.6. The second-order valence-electron chi connectivity index (χ2n) is 5.71. The number of nitrogens with one attached hydrogen (secondary N) is 2. The molecule has 6 nitrogen and oxygen atoms in total. The monoisotopic (exact) mass is 340 g/mol. The van der Waals surface area contributed by atoms with Gasteiger partial charge in [0.1, 0.15) is 18.1 Å². The fourth-order valence-electron chi connectivity index (χ4n) is 2.78. The minimum atomic E-state index is -0.467. The molecule has 0 spiro atoms. The Morgan fingerprint density at radius 3 is 2.64 bits per heavy atom. The molecule has 3 rings (SSSR count). The molecule has 2 amide bonds. The number of hydrogen-bond donors (Lipinski definition) is 2. The van der Waals surface area contributed by atoms with Gasteiger partial charge in [0.15, 0.2) is 0 Å². The zero-order chi connectivity index (χ0) is 17.6. The largest absolute Gasteiger partial charge is 0.497 e. The molecule has 1 heterocycles. The molecule has 1 unspecified atom stereocenters. The highest BCUT2D eigenvalue weighted by Crippen LogP contribution is 2.31. The van der Waals surface area contributed by atoms with E-state index in [1.165, 1.54) is 0 Å². The summed E-state index contributed by atoms with van der Waals surface area (Å²) in [5.41, 5.74) is 1.55. The van der Waals surface area contributed by atoms with Crippen LogP contribution < -0.4 is 20.1 Å². The molecule has 0 aromatic heterocycles. The maximum Gasteiger partial charge on any atom is 0.228 e. The van der Waals surface area contributed by atoms with Crippen LogP contribution in [0.3, 0.4) is 0 Å². The lowest BCUT2D eigenvalue weighted by Gasteiger charge is -2.24. The Labute approximate surface area is 146 Å². The Bertz CT molecular complexity index is 758. The number of anilines is 1. The summed E-state index contributed by atoms with van der Waals surface area (Å²) in [6.07, 6.45) is 0.155. The zero-order valence-electron chi connectivity index (χ0n) is 14.0. The SMILES string of the molecule is COc1ccc(OCCNC(=O)C2CC(=O)Nc3ccccc32)cc1. The highest BCUT2D eigenvalue weighted by Gasteiger charge is 2.30. The van der Waals surface area contributed by atoms with E-state index in [0.717, 1.165) is 11.3 Å². The molecule has 0 aliphatic carbocycles. The van der Waals surface area contributed by atoms with Gasteiger partial charge >= 0.3 is 0 Å². The average Bonchev–Trinajstić information content (AvgIpc) is 2.64. The minimum Gasteiger partial charge on any atom is -0.497 e. The number of rotatable bonds is 6. The standard InChI is InChI=1S/C19H20N2O4/c1-24-13-6-8-14(9-7-13)25-11-10-20-19(23)16-12-18(22)21-17-5-3-2-4-15(16)17/h2-9,16H,10-12H2,1H3,(H,20,23)(H,21,22). The summed E-state index contributed by atoms with van der Waals surface area (Å²) in [5.74, 6) is 0.687. The molecule has 2 aromatic rings. The van der Waals surface area contributed by atoms with E-state index in [-0.39, 0.29) is 18.2 Å². The number of ether oxygens (including phenoxy) is 2. The van der Waals surface area contributed by atoms with Crippen LogP contribution in [0.2, 0.25) is 0 Å². The van der Waals surface area contributed by atoms with E-state index in [0.29, 0.717) is 24.6 Å². The van der Waals surface area contributed by atoms with Crippen molar-refractivity contribution in [2.75, 3.05) is 25.6 Å². The second-order valence-corrected chi connectivity index (χ2v) is 5.71. The van der Waals surface area contributed by atoms with Crippen LogP contribution in [0.1, 0.15) is 17.9 Å². The van der Waals surface area contributed by atoms with Gasteiger partial charge in [-0.05, 0) is 35.9 Å². The van der Waals surface area contributed by atoms with Crippen LogP contribution in [0.15, 0.2) is 48.5 Å². The Kier molecular flexibility index (Phi) is 5.18. The predicted molar refractivity (Wildman–Crippen MR) is 93.9 cm³/mol. The number of amides is 2. The van der Waals surface area contributed by atoms with Crippen LogP contribution >= 0.6 is 0 Å². The molecular formula is C19H20N2O4. The fraction of sp³-hybridized carbons (Fsp3) is 0.263. The number of hydrogen-bond acceptors (Lipinski definition) is 4. The second kappa shape index (κ2) is 7.70. The van der Waals surface area contributed by atoms with Gasteiger partial charge < -0.3 is 20.1 Å². The van der Waals surface area contributed by atoms with Gasteiger partial charge in [0.05, 0.1) is 19.6 Å². The van der Waals surface area contributed by atoms with Crippen LogP contribution in [0.4, 0.5) is 5.69 Å². The van der Waals surface area contributed by atoms with Gasteiger partial charge in [-0.15, -0.1) is 0 Å². The van der Waals surface area contributed by atoms with Crippen molar-refractivity contribution in [3.63, 3.8) is 0 Å². The molecule has 0 fully saturated rings. The number of para-hydroxylation sites is 1. The van der Waals surface area contributed by atoms with Crippen LogP contribution in [0.5, 0.6) is 11.5 Å². The van der Waals surface area contributed by atoms with Crippen LogP contribution in [0, 0.1) is 0 Å². The first-order valence-corrected chi connectivity index (χ1v) is 8.10. The maximum atomic E-state index is 12.4. The summed E-state index contributed by atoms with van der Waals surface area (Å²) in [6.45, 7) is 0.712. The van der Waals surface area contributed by atoms with E-state index in [4.69, 9.17) is 9.47 Å². The van der Waals surface area contributed by atoms with Gasteiger partial charge in [0.25, 0.3) is 0 Å². The molecule has 0 bridgehead atoms. The first kappa shape index (κ1) is 16.8. The van der Waals surface area contributed by atoms with E-state index in [2.05, 4.69) is 10.6 Å². The molecular weight excluding hydrogens is 320 g/mol. The molecule has 0 saturated heterocycles. The van der Waals surface area contributed by atoms with Crippen LogP contribution in [-0.4, -0.2) is 32.1 Å². The van der Waals surface area contributed by atoms with E-state index < -0.39 is 5.92 Å². The van der Waals surface area contributed by atoms with Crippen molar-refractivity contribution in [2.45, 2.75) is 12.3 Å². The third-order valence-corrected chi connectivity index (χ3v) is 4.05. The third kappa shape index (κ3) is 4.09. The summed E-state index contributed by atoms with van der Waals surface area (Å²) >= 11 is 0. The van der Waals surface area contributed by atoms with Crippen molar-refractivity contribution in [3.8, 4) is 11.5 Å². The van der Waals surface area contributed by atoms with Gasteiger partial charge in [0.2, 0.25) is 11.8 Å². The molecule has 130 valence electrons. The summed E-state index contributed by atoms with van der Waals surface area (Å²) < 4.78 is 10.7. The number of carbonyl (C=O) groups excluding carboxylic acids is 2. The van der Waals surface area contributed by atoms with Gasteiger partial charge in [-0.2, -0.15) is 0 Å². The van der Waals surface area contributed by atoms with Crippen molar-refractivity contribution < 1.29 is 19.1 Å². The fourth-order valence-corrected chi connectivity index (χ4v) is 2.78. The topological polar surface area (TPSA) is 76.7 Å². The highest BCUT2D eigenvalue weighted by atomic mass is 16.5. The lowest BCUT2D eigenvalue weighted by molar-refractivity contribution is -0.126. The van der Waals surface area contributed by atoms with Crippen molar-refractivity contribution in [3.05, 3.63) is 54.1 Å². The maximum absolute atomic E-state index is 12.4. The van der Waals surface area contributed by atoms with Gasteiger partial charge in [-0.3, -0.25) is 9.59 Å². The van der Waals surface area contributed by atoms with Crippen molar-refractivity contribution in [1.82, 2.24) is 5.32 Å². The summed E-state index contributed by atoms with van der Waals surface area (Å²) in [4.78, 5) is 24.2. The number of fused-ring (bicyclic) bond motifs is 1. The first-order valence-electron chi connectivity index (χ1n) is 8.10. The normalized spacial score (nSPS) is 15.7. The third-order valence-electron chi connectivity index (χ3n) is 4.05. The Morgan fingerprint density at radius 2 is 1.88 bits per heavy atom. The summed E-state index contributed by atoms with van der Waals surface area (Å²) in [5, 5.41) is 5.63. The van der Waals surface area contributed by atoms with E-state index >= 15 is 0 Å². The number of benzene rings is 2. The van der Waals surface area contributed by atoms with Crippen molar-refractivity contribution >= 4 is 17.5 Å². The molecule has 0 radical (unpaired) electrons. The lowest BCUT2D eigenvalue weighted by Crippen LogP contribution is -2.36. The summed E-state index contributed by atoms with van der Waals surface area (Å²) in [7, 11) is 1.61. The molecule has 1 aliphatic rings. The average molecular weight is 340 g/mol. The number of carbonyl (C=O) groups is 2. The molecule has 1 atom stereocenters. The Hall–Kier alpha value is -3.02. The van der Waals surface area contributed by atoms with Gasteiger partial charge in [0, 0.05) is 12.1 Å². The molecule has 2 aromatic carbocycles. The highest BCUT2D eigenvalue weighted by molar-refractivity contribution is 6.01.